The third-order valence-electron chi connectivity index (χ3n) is 11.2. The van der Waals surface area contributed by atoms with Crippen LogP contribution in [0.5, 0.6) is 0 Å². The number of aromatic nitrogens is 1. The van der Waals surface area contributed by atoms with Crippen molar-refractivity contribution >= 4 is 46.3 Å². The number of thioether (sulfide) groups is 1. The number of aryl methyl sites for hydroxylation is 1. The van der Waals surface area contributed by atoms with Gasteiger partial charge in [0.1, 0.15) is 23.4 Å². The normalized spacial score (nSPS) is 19.9. The van der Waals surface area contributed by atoms with Crippen LogP contribution < -0.4 is 21.3 Å². The lowest BCUT2D eigenvalue weighted by Gasteiger charge is -2.40. The van der Waals surface area contributed by atoms with E-state index in [1.54, 1.807) is 19.1 Å². The molecule has 3 aromatic rings. The lowest BCUT2D eigenvalue weighted by molar-refractivity contribution is -0.139. The maximum Gasteiger partial charge on any atom is 0.418 e. The summed E-state index contributed by atoms with van der Waals surface area (Å²) in [5, 5.41) is 12.0. The summed E-state index contributed by atoms with van der Waals surface area (Å²) in [5.74, 6) is -1.11. The van der Waals surface area contributed by atoms with Gasteiger partial charge in [-0.05, 0) is 78.2 Å². The summed E-state index contributed by atoms with van der Waals surface area (Å²) < 4.78 is 56.6. The number of fused-ring (bicyclic) bond motifs is 3. The molecular formula is C40H51F4N5O4S. The molecule has 2 heterocycles. The van der Waals surface area contributed by atoms with Crippen LogP contribution in [0.1, 0.15) is 82.2 Å². The Morgan fingerprint density at radius 1 is 0.926 bits per heavy atom. The van der Waals surface area contributed by atoms with E-state index in [1.807, 2.05) is 32.5 Å². The summed E-state index contributed by atoms with van der Waals surface area (Å²) in [5.41, 5.74) is -1.49. The van der Waals surface area contributed by atoms with Gasteiger partial charge in [0.25, 0.3) is 0 Å². The molecule has 2 aromatic carbocycles. The molecular weight excluding hydrogens is 723 g/mol. The highest BCUT2D eigenvalue weighted by molar-refractivity contribution is 7.99. The zero-order valence-corrected chi connectivity index (χ0v) is 32.1. The highest BCUT2D eigenvalue weighted by Crippen LogP contribution is 2.40. The Bertz CT molecular complexity index is 1830. The van der Waals surface area contributed by atoms with Gasteiger partial charge in [-0.15, -0.1) is 0 Å². The summed E-state index contributed by atoms with van der Waals surface area (Å²) in [6.07, 6.45) is -1.97. The number of carbonyl (C=O) groups excluding carboxylic acids is 4. The van der Waals surface area contributed by atoms with Crippen molar-refractivity contribution in [3.63, 3.8) is 0 Å². The second-order valence-electron chi connectivity index (χ2n) is 14.9. The molecule has 4 amide bonds. The van der Waals surface area contributed by atoms with E-state index in [-0.39, 0.29) is 54.0 Å². The number of hydrogen-bond donors (Lipinski definition) is 5. The highest BCUT2D eigenvalue weighted by Gasteiger charge is 2.47. The van der Waals surface area contributed by atoms with Gasteiger partial charge < -0.3 is 26.3 Å². The predicted molar refractivity (Wildman–Crippen MR) is 202 cm³/mol. The number of amides is 4. The first-order chi connectivity index (χ1) is 25.7. The van der Waals surface area contributed by atoms with Crippen LogP contribution in [0.2, 0.25) is 0 Å². The molecule has 0 bridgehead atoms. The summed E-state index contributed by atoms with van der Waals surface area (Å²) in [6, 6.07) is 7.63. The fraction of sp³-hybridized carbons (Fsp3) is 0.550. The van der Waals surface area contributed by atoms with E-state index in [1.165, 1.54) is 24.3 Å². The molecule has 2 unspecified atom stereocenters. The first-order valence-corrected chi connectivity index (χ1v) is 20.0. The smallest absolute Gasteiger partial charge is 0.358 e. The number of H-pyrrole nitrogens is 1. The molecule has 1 saturated heterocycles. The van der Waals surface area contributed by atoms with Crippen molar-refractivity contribution in [1.29, 1.82) is 0 Å². The van der Waals surface area contributed by atoms with Crippen molar-refractivity contribution < 1.29 is 36.7 Å². The number of carbonyl (C=O) groups is 4. The van der Waals surface area contributed by atoms with Crippen LogP contribution in [0.25, 0.3) is 10.9 Å². The first kappa shape index (κ1) is 41.1. The summed E-state index contributed by atoms with van der Waals surface area (Å²) in [6.45, 7) is 7.85. The lowest BCUT2D eigenvalue weighted by Crippen LogP contribution is -2.67. The van der Waals surface area contributed by atoms with E-state index < -0.39 is 58.8 Å². The number of halogens is 4. The van der Waals surface area contributed by atoms with Gasteiger partial charge in [0.2, 0.25) is 23.6 Å². The van der Waals surface area contributed by atoms with Crippen LogP contribution >= 0.6 is 11.8 Å². The summed E-state index contributed by atoms with van der Waals surface area (Å²) in [7, 11) is 0. The Hall–Kier alpha value is -4.07. The molecule has 54 heavy (non-hydrogen) atoms. The number of rotatable bonds is 14. The maximum absolute atomic E-state index is 14.7. The van der Waals surface area contributed by atoms with E-state index in [4.69, 9.17) is 0 Å². The third kappa shape index (κ3) is 9.41. The quantitative estimate of drug-likeness (QED) is 0.124. The number of nitrogens with one attached hydrogen (secondary N) is 5. The van der Waals surface area contributed by atoms with Gasteiger partial charge in [0.05, 0.1) is 17.5 Å². The fourth-order valence-electron chi connectivity index (χ4n) is 7.41. The van der Waals surface area contributed by atoms with Gasteiger partial charge in [0, 0.05) is 24.0 Å². The minimum absolute atomic E-state index is 0.0106. The average molecular weight is 774 g/mol. The monoisotopic (exact) mass is 773 g/mol. The fourth-order valence-corrected chi connectivity index (χ4v) is 8.61. The second kappa shape index (κ2) is 17.6. The molecule has 0 spiro atoms. The molecule has 1 aromatic heterocycles. The van der Waals surface area contributed by atoms with Gasteiger partial charge in [-0.25, -0.2) is 4.39 Å². The minimum atomic E-state index is -4.63. The Morgan fingerprint density at radius 2 is 1.59 bits per heavy atom. The molecule has 294 valence electrons. The summed E-state index contributed by atoms with van der Waals surface area (Å²) in [4.78, 5) is 59.0. The molecule has 0 radical (unpaired) electrons. The Balaban J connectivity index is 1.47. The minimum Gasteiger partial charge on any atom is -0.358 e. The Labute approximate surface area is 317 Å². The van der Waals surface area contributed by atoms with Gasteiger partial charge in [-0.3, -0.25) is 19.2 Å². The first-order valence-electron chi connectivity index (χ1n) is 18.9. The summed E-state index contributed by atoms with van der Waals surface area (Å²) >= 11 is 1.88. The molecule has 1 aliphatic heterocycles. The van der Waals surface area contributed by atoms with Crippen molar-refractivity contribution in [1.82, 2.24) is 26.3 Å². The van der Waals surface area contributed by atoms with Gasteiger partial charge in [-0.1, -0.05) is 70.9 Å². The van der Waals surface area contributed by atoms with E-state index in [9.17, 15) is 36.7 Å². The molecule has 9 nitrogen and oxygen atoms in total. The largest absolute Gasteiger partial charge is 0.418 e. The zero-order valence-electron chi connectivity index (χ0n) is 31.3. The lowest BCUT2D eigenvalue weighted by atomic mass is 9.78. The van der Waals surface area contributed by atoms with Crippen molar-refractivity contribution in [3.8, 4) is 0 Å². The van der Waals surface area contributed by atoms with Crippen molar-refractivity contribution in [3.05, 3.63) is 70.7 Å². The van der Waals surface area contributed by atoms with Crippen LogP contribution in [-0.4, -0.2) is 64.3 Å². The van der Waals surface area contributed by atoms with Crippen molar-refractivity contribution in [2.24, 2.45) is 17.8 Å². The number of benzene rings is 2. The second-order valence-corrected chi connectivity index (χ2v) is 16.1. The molecule has 2 aliphatic rings. The molecule has 1 aliphatic carbocycles. The van der Waals surface area contributed by atoms with E-state index in [0.29, 0.717) is 36.6 Å². The number of hydrogen-bond acceptors (Lipinski definition) is 5. The van der Waals surface area contributed by atoms with Crippen LogP contribution in [0.4, 0.5) is 17.6 Å². The maximum atomic E-state index is 14.7. The van der Waals surface area contributed by atoms with Gasteiger partial charge >= 0.3 is 6.18 Å². The van der Waals surface area contributed by atoms with Crippen molar-refractivity contribution in [2.75, 3.05) is 18.1 Å². The van der Waals surface area contributed by atoms with E-state index in [0.717, 1.165) is 30.4 Å². The molecule has 5 atom stereocenters. The van der Waals surface area contributed by atoms with E-state index >= 15 is 0 Å². The van der Waals surface area contributed by atoms with Crippen LogP contribution in [0.3, 0.4) is 0 Å². The standard InChI is InChI=1S/C40H51F4N5O4S/c1-5-23(3)33(36(51)45-22-25-15-18-54-19-16-25)48-38(53)39(17-14-31-28(21-39)27-11-9-12-29(35(27)46-31)40(42,43)44)49-37(52)34(24(4)6-2)47-32(50)20-26-10-7-8-13-30(26)41/h7-13,23-25,33-34,46H,5-6,14-22H2,1-4H3,(H,45,51)(H,47,50)(H,48,53)(H,49,52)/t23-,24?,33?,34-,39+/m0/s1. The topological polar surface area (TPSA) is 132 Å². The average Bonchev–Trinajstić information content (AvgIpc) is 3.52. The number of para-hydroxylation sites is 1. The number of alkyl halides is 3. The van der Waals surface area contributed by atoms with Crippen LogP contribution in [0, 0.1) is 23.6 Å². The van der Waals surface area contributed by atoms with Gasteiger partial charge in [0.15, 0.2) is 0 Å². The predicted octanol–water partition coefficient (Wildman–Crippen LogP) is 6.23. The molecule has 5 rings (SSSR count). The molecule has 14 heteroatoms. The Morgan fingerprint density at radius 3 is 2.24 bits per heavy atom. The van der Waals surface area contributed by atoms with Crippen molar-refractivity contribution in [2.45, 2.75) is 103 Å². The SMILES string of the molecule is CCC(C)[C@H](NC(=O)Cc1ccccc1F)C(=O)N[C@]1(C(=O)NC(C(=O)NCC2CCSCC2)[C@@H](C)CC)CCc2[nH]c3c(C(F)(F)F)cccc3c2C1. The van der Waals surface area contributed by atoms with E-state index in [2.05, 4.69) is 26.3 Å². The molecule has 1 fully saturated rings. The molecule has 5 N–H and O–H groups in total. The third-order valence-corrected chi connectivity index (χ3v) is 12.3. The van der Waals surface area contributed by atoms with Gasteiger partial charge in [-0.2, -0.15) is 24.9 Å². The highest BCUT2D eigenvalue weighted by atomic mass is 32.2. The number of aromatic amines is 1. The van der Waals surface area contributed by atoms with Crippen LogP contribution in [0.15, 0.2) is 42.5 Å². The molecule has 0 saturated carbocycles. The van der Waals surface area contributed by atoms with Crippen LogP contribution in [-0.2, 0) is 44.6 Å². The zero-order chi connectivity index (χ0) is 39.2. The Kier molecular flexibility index (Phi) is 13.4.